The molecule has 0 bridgehead atoms. The van der Waals surface area contributed by atoms with Gasteiger partial charge in [0.2, 0.25) is 0 Å². The Hall–Kier alpha value is -1.50. The predicted octanol–water partition coefficient (Wildman–Crippen LogP) is 3.10. The minimum Gasteiger partial charge on any atom is -0.465 e. The summed E-state index contributed by atoms with van der Waals surface area (Å²) < 4.78 is 5.17. The highest BCUT2D eigenvalue weighted by atomic mass is 16.6. The van der Waals surface area contributed by atoms with Crippen LogP contribution in [0.25, 0.3) is 0 Å². The van der Waals surface area contributed by atoms with Crippen molar-refractivity contribution >= 4 is 12.2 Å². The fourth-order valence-electron chi connectivity index (χ4n) is 2.12. The molecule has 7 heteroatoms. The van der Waals surface area contributed by atoms with Gasteiger partial charge in [-0.3, -0.25) is 0 Å². The minimum absolute atomic E-state index is 0.341. The Morgan fingerprint density at radius 1 is 0.792 bits per heavy atom. The maximum Gasteiger partial charge on any atom is 0.407 e. The number of amides is 2. The molecule has 0 atom stereocenters. The molecule has 0 radical (unpaired) electrons. The molecular formula is C17H35N3O4. The maximum absolute atomic E-state index is 11.4. The van der Waals surface area contributed by atoms with Crippen molar-refractivity contribution in [3.63, 3.8) is 0 Å². The Kier molecular flexibility index (Phi) is 13.0. The second kappa shape index (κ2) is 13.9. The second-order valence-corrected chi connectivity index (χ2v) is 6.89. The quantitative estimate of drug-likeness (QED) is 0.384. The van der Waals surface area contributed by atoms with E-state index in [1.165, 1.54) is 19.3 Å². The van der Waals surface area contributed by atoms with Gasteiger partial charge in [-0.25, -0.2) is 9.59 Å². The third-order valence-electron chi connectivity index (χ3n) is 3.26. The average Bonchev–Trinajstić information content (AvgIpc) is 2.45. The van der Waals surface area contributed by atoms with Crippen molar-refractivity contribution in [1.82, 2.24) is 16.0 Å². The minimum atomic E-state index is -0.962. The molecule has 0 fully saturated rings. The Labute approximate surface area is 145 Å². The van der Waals surface area contributed by atoms with Gasteiger partial charge < -0.3 is 25.8 Å². The van der Waals surface area contributed by atoms with Crippen LogP contribution in [0.3, 0.4) is 0 Å². The summed E-state index contributed by atoms with van der Waals surface area (Å²) in [5, 5.41) is 16.8. The molecule has 0 aromatic heterocycles. The fraction of sp³-hybridized carbons (Fsp3) is 0.882. The molecule has 24 heavy (non-hydrogen) atoms. The molecule has 0 heterocycles. The first-order valence-electron chi connectivity index (χ1n) is 8.95. The topological polar surface area (TPSA) is 99.7 Å². The van der Waals surface area contributed by atoms with Gasteiger partial charge in [0.25, 0.3) is 0 Å². The molecule has 142 valence electrons. The average molecular weight is 345 g/mol. The lowest BCUT2D eigenvalue weighted by Gasteiger charge is -2.19. The van der Waals surface area contributed by atoms with Crippen LogP contribution in [0.4, 0.5) is 9.59 Å². The van der Waals surface area contributed by atoms with Gasteiger partial charge in [-0.05, 0) is 53.1 Å². The molecule has 2 amide bonds. The van der Waals surface area contributed by atoms with Crippen molar-refractivity contribution in [1.29, 1.82) is 0 Å². The van der Waals surface area contributed by atoms with Crippen LogP contribution < -0.4 is 16.0 Å². The maximum atomic E-state index is 11.4. The summed E-state index contributed by atoms with van der Waals surface area (Å²) in [5.74, 6) is 0. The summed E-state index contributed by atoms with van der Waals surface area (Å²) in [5.41, 5.74) is -0.440. The zero-order chi connectivity index (χ0) is 18.3. The molecule has 0 aliphatic heterocycles. The van der Waals surface area contributed by atoms with E-state index in [1.54, 1.807) is 0 Å². The number of ether oxygens (including phenoxy) is 1. The Bertz CT molecular complexity index is 343. The van der Waals surface area contributed by atoms with Gasteiger partial charge in [0.15, 0.2) is 0 Å². The zero-order valence-electron chi connectivity index (χ0n) is 15.5. The summed E-state index contributed by atoms with van der Waals surface area (Å²) >= 11 is 0. The standard InChI is InChI=1S/C17H35N3O4/c1-17(2,3)24-16(23)20-13-9-7-5-4-6-8-11-18-12-10-14-19-15(21)22/h18-19H,4-14H2,1-3H3,(H,20,23)(H,21,22). The van der Waals surface area contributed by atoms with Gasteiger partial charge in [0, 0.05) is 13.1 Å². The molecule has 0 aliphatic rings. The van der Waals surface area contributed by atoms with Gasteiger partial charge >= 0.3 is 12.2 Å². The molecule has 0 aliphatic carbocycles. The summed E-state index contributed by atoms with van der Waals surface area (Å²) in [7, 11) is 0. The molecule has 0 spiro atoms. The highest BCUT2D eigenvalue weighted by Crippen LogP contribution is 2.07. The lowest BCUT2D eigenvalue weighted by atomic mass is 10.1. The lowest BCUT2D eigenvalue weighted by Crippen LogP contribution is -2.32. The summed E-state index contributed by atoms with van der Waals surface area (Å²) in [6.45, 7) is 8.56. The van der Waals surface area contributed by atoms with Crippen LogP contribution in [0, 0.1) is 0 Å². The van der Waals surface area contributed by atoms with E-state index in [0.29, 0.717) is 13.1 Å². The molecule has 0 aromatic rings. The highest BCUT2D eigenvalue weighted by Gasteiger charge is 2.15. The number of alkyl carbamates (subject to hydrolysis) is 1. The lowest BCUT2D eigenvalue weighted by molar-refractivity contribution is 0.0527. The fourth-order valence-corrected chi connectivity index (χ4v) is 2.12. The van der Waals surface area contributed by atoms with Gasteiger partial charge in [0.05, 0.1) is 0 Å². The summed E-state index contributed by atoms with van der Waals surface area (Å²) in [6, 6.07) is 0. The molecule has 0 saturated heterocycles. The Morgan fingerprint density at radius 3 is 1.88 bits per heavy atom. The predicted molar refractivity (Wildman–Crippen MR) is 95.5 cm³/mol. The number of carboxylic acid groups (broad SMARTS) is 1. The third kappa shape index (κ3) is 18.5. The molecule has 7 nitrogen and oxygen atoms in total. The van der Waals surface area contributed by atoms with Crippen LogP contribution in [0.1, 0.15) is 65.7 Å². The van der Waals surface area contributed by atoms with E-state index in [9.17, 15) is 9.59 Å². The van der Waals surface area contributed by atoms with Crippen molar-refractivity contribution in [3.8, 4) is 0 Å². The Balaban J connectivity index is 3.18. The van der Waals surface area contributed by atoms with Gasteiger partial charge in [0.1, 0.15) is 5.60 Å². The van der Waals surface area contributed by atoms with E-state index >= 15 is 0 Å². The zero-order valence-corrected chi connectivity index (χ0v) is 15.5. The van der Waals surface area contributed by atoms with Crippen LogP contribution in [0.15, 0.2) is 0 Å². The van der Waals surface area contributed by atoms with Crippen molar-refractivity contribution in [2.45, 2.75) is 71.3 Å². The first kappa shape index (κ1) is 22.5. The van der Waals surface area contributed by atoms with Gasteiger partial charge in [-0.15, -0.1) is 0 Å². The van der Waals surface area contributed by atoms with E-state index < -0.39 is 11.7 Å². The summed E-state index contributed by atoms with van der Waals surface area (Å²) in [4.78, 5) is 21.7. The first-order valence-corrected chi connectivity index (χ1v) is 8.95. The molecule has 0 unspecified atom stereocenters. The number of carbonyl (C=O) groups is 2. The van der Waals surface area contributed by atoms with E-state index in [1.807, 2.05) is 20.8 Å². The van der Waals surface area contributed by atoms with Crippen molar-refractivity contribution in [2.24, 2.45) is 0 Å². The molecular weight excluding hydrogens is 310 g/mol. The van der Waals surface area contributed by atoms with E-state index in [2.05, 4.69) is 16.0 Å². The smallest absolute Gasteiger partial charge is 0.407 e. The van der Waals surface area contributed by atoms with Gasteiger partial charge in [-0.2, -0.15) is 0 Å². The Morgan fingerprint density at radius 2 is 1.29 bits per heavy atom. The number of unbranched alkanes of at least 4 members (excludes halogenated alkanes) is 5. The van der Waals surface area contributed by atoms with E-state index in [-0.39, 0.29) is 6.09 Å². The molecule has 4 N–H and O–H groups in total. The number of hydrogen-bond acceptors (Lipinski definition) is 4. The monoisotopic (exact) mass is 345 g/mol. The van der Waals surface area contributed by atoms with Crippen molar-refractivity contribution in [3.05, 3.63) is 0 Å². The SMILES string of the molecule is CC(C)(C)OC(=O)NCCCCCCCCNCCCNC(=O)O. The van der Waals surface area contributed by atoms with Gasteiger partial charge in [-0.1, -0.05) is 25.7 Å². The molecule has 0 saturated carbocycles. The largest absolute Gasteiger partial charge is 0.465 e. The third-order valence-corrected chi connectivity index (χ3v) is 3.26. The van der Waals surface area contributed by atoms with Crippen molar-refractivity contribution in [2.75, 3.05) is 26.2 Å². The van der Waals surface area contributed by atoms with Crippen LogP contribution in [-0.4, -0.2) is 49.1 Å². The summed E-state index contributed by atoms with van der Waals surface area (Å²) in [6.07, 6.45) is 6.33. The van der Waals surface area contributed by atoms with E-state index in [0.717, 1.165) is 38.8 Å². The molecule has 0 rings (SSSR count). The number of carbonyl (C=O) groups excluding carboxylic acids is 1. The number of rotatable bonds is 13. The number of nitrogens with one attached hydrogen (secondary N) is 3. The van der Waals surface area contributed by atoms with Crippen molar-refractivity contribution < 1.29 is 19.4 Å². The molecule has 0 aromatic carbocycles. The van der Waals surface area contributed by atoms with Crippen LogP contribution >= 0.6 is 0 Å². The van der Waals surface area contributed by atoms with Crippen LogP contribution in [0.5, 0.6) is 0 Å². The normalized spacial score (nSPS) is 11.1. The second-order valence-electron chi connectivity index (χ2n) is 6.89. The number of hydrogen-bond donors (Lipinski definition) is 4. The van der Waals surface area contributed by atoms with Crippen LogP contribution in [-0.2, 0) is 4.74 Å². The first-order chi connectivity index (χ1) is 11.3. The van der Waals surface area contributed by atoms with Crippen LogP contribution in [0.2, 0.25) is 0 Å². The van der Waals surface area contributed by atoms with E-state index in [4.69, 9.17) is 9.84 Å². The highest BCUT2D eigenvalue weighted by molar-refractivity contribution is 5.67.